The summed E-state index contributed by atoms with van der Waals surface area (Å²) < 4.78 is 36.2. The number of carbonyl (C=O) groups excluding carboxylic acids is 1. The molecule has 0 aliphatic carbocycles. The minimum atomic E-state index is -4.03. The third-order valence-electron chi connectivity index (χ3n) is 5.17. The summed E-state index contributed by atoms with van der Waals surface area (Å²) >= 11 is 0. The molecule has 0 fully saturated rings. The lowest BCUT2D eigenvalue weighted by Crippen LogP contribution is -2.17. The molecule has 4 aromatic rings. The Morgan fingerprint density at radius 2 is 1.66 bits per heavy atom. The molecular weight excluding hydrogens is 464 g/mol. The van der Waals surface area contributed by atoms with Crippen molar-refractivity contribution in [3.05, 3.63) is 102 Å². The second-order valence-electron chi connectivity index (χ2n) is 7.75. The molecule has 0 saturated heterocycles. The SMILES string of the molecule is CCOc1cc(/C=N\NC(=O)c2ccc3ccccc3c2)ccc1OS(=O)(=O)c1ccc(C)cc1. The Kier molecular flexibility index (Phi) is 7.12. The van der Waals surface area contributed by atoms with Crippen LogP contribution in [-0.2, 0) is 10.1 Å². The Morgan fingerprint density at radius 3 is 2.40 bits per heavy atom. The van der Waals surface area contributed by atoms with E-state index in [1.165, 1.54) is 24.4 Å². The van der Waals surface area contributed by atoms with Crippen LogP contribution in [0.3, 0.4) is 0 Å². The zero-order chi connectivity index (χ0) is 24.8. The third kappa shape index (κ3) is 5.85. The fourth-order valence-electron chi connectivity index (χ4n) is 3.37. The van der Waals surface area contributed by atoms with Crippen molar-refractivity contribution in [3.8, 4) is 11.5 Å². The van der Waals surface area contributed by atoms with Gasteiger partial charge in [0.1, 0.15) is 4.90 Å². The van der Waals surface area contributed by atoms with Gasteiger partial charge in [-0.3, -0.25) is 4.79 Å². The molecule has 1 N–H and O–H groups in total. The smallest absolute Gasteiger partial charge is 0.339 e. The van der Waals surface area contributed by atoms with Gasteiger partial charge in [-0.25, -0.2) is 5.43 Å². The number of carbonyl (C=O) groups is 1. The number of rotatable bonds is 8. The van der Waals surface area contributed by atoms with Crippen LogP contribution < -0.4 is 14.3 Å². The van der Waals surface area contributed by atoms with E-state index in [1.54, 1.807) is 43.3 Å². The van der Waals surface area contributed by atoms with Crippen LogP contribution in [0.2, 0.25) is 0 Å². The topological polar surface area (TPSA) is 94.1 Å². The molecule has 0 atom stereocenters. The van der Waals surface area contributed by atoms with E-state index in [9.17, 15) is 13.2 Å². The number of fused-ring (bicyclic) bond motifs is 1. The van der Waals surface area contributed by atoms with Gasteiger partial charge in [0.2, 0.25) is 0 Å². The lowest BCUT2D eigenvalue weighted by Gasteiger charge is -2.12. The number of nitrogens with one attached hydrogen (secondary N) is 1. The van der Waals surface area contributed by atoms with Crippen molar-refractivity contribution in [2.45, 2.75) is 18.7 Å². The van der Waals surface area contributed by atoms with Gasteiger partial charge in [-0.1, -0.05) is 48.0 Å². The molecule has 0 heterocycles. The first-order valence-electron chi connectivity index (χ1n) is 11.0. The molecule has 0 aliphatic heterocycles. The number of benzene rings is 4. The van der Waals surface area contributed by atoms with Crippen LogP contribution in [0.5, 0.6) is 11.5 Å². The van der Waals surface area contributed by atoms with E-state index < -0.39 is 10.1 Å². The number of ether oxygens (including phenoxy) is 1. The summed E-state index contributed by atoms with van der Waals surface area (Å²) in [5.74, 6) is -0.0426. The van der Waals surface area contributed by atoms with Gasteiger partial charge in [0, 0.05) is 5.56 Å². The summed E-state index contributed by atoms with van der Waals surface area (Å²) in [5.41, 5.74) is 4.52. The van der Waals surface area contributed by atoms with Crippen LogP contribution in [0.25, 0.3) is 10.8 Å². The normalized spacial score (nSPS) is 11.5. The van der Waals surface area contributed by atoms with Crippen LogP contribution >= 0.6 is 0 Å². The van der Waals surface area contributed by atoms with Gasteiger partial charge in [-0.05, 0) is 72.6 Å². The number of hydrazone groups is 1. The van der Waals surface area contributed by atoms with E-state index in [1.807, 2.05) is 37.3 Å². The van der Waals surface area contributed by atoms with Crippen LogP contribution in [-0.4, -0.2) is 27.1 Å². The molecule has 8 heteroatoms. The van der Waals surface area contributed by atoms with Crippen molar-refractivity contribution in [2.24, 2.45) is 5.10 Å². The van der Waals surface area contributed by atoms with E-state index in [0.29, 0.717) is 17.7 Å². The lowest BCUT2D eigenvalue weighted by molar-refractivity contribution is 0.0955. The van der Waals surface area contributed by atoms with E-state index in [-0.39, 0.29) is 22.3 Å². The van der Waals surface area contributed by atoms with Gasteiger partial charge in [0.15, 0.2) is 11.5 Å². The van der Waals surface area contributed by atoms with E-state index in [2.05, 4.69) is 10.5 Å². The number of amides is 1. The van der Waals surface area contributed by atoms with Crippen molar-refractivity contribution in [1.82, 2.24) is 5.43 Å². The highest BCUT2D eigenvalue weighted by atomic mass is 32.2. The second-order valence-corrected chi connectivity index (χ2v) is 9.30. The molecule has 178 valence electrons. The fourth-order valence-corrected chi connectivity index (χ4v) is 4.31. The maximum Gasteiger partial charge on any atom is 0.339 e. The highest BCUT2D eigenvalue weighted by Crippen LogP contribution is 2.31. The summed E-state index contributed by atoms with van der Waals surface area (Å²) in [6, 6.07) is 24.3. The minimum Gasteiger partial charge on any atom is -0.490 e. The van der Waals surface area contributed by atoms with Gasteiger partial charge >= 0.3 is 10.1 Å². The standard InChI is InChI=1S/C27H24N2O5S/c1-3-33-26-16-20(10-15-25(26)34-35(31,32)24-13-8-19(2)9-14-24)18-28-29-27(30)23-12-11-21-6-4-5-7-22(21)17-23/h4-18H,3H2,1-2H3,(H,29,30)/b28-18-. The number of aryl methyl sites for hydroxylation is 1. The first kappa shape index (κ1) is 24.0. The predicted molar refractivity (Wildman–Crippen MR) is 136 cm³/mol. The Bertz CT molecular complexity index is 1500. The summed E-state index contributed by atoms with van der Waals surface area (Å²) in [5, 5.41) is 6.02. The van der Waals surface area contributed by atoms with Gasteiger partial charge in [0.25, 0.3) is 5.91 Å². The fraction of sp³-hybridized carbons (Fsp3) is 0.111. The number of hydrogen-bond donors (Lipinski definition) is 1. The Labute approximate surface area is 204 Å². The van der Waals surface area contributed by atoms with Gasteiger partial charge < -0.3 is 8.92 Å². The highest BCUT2D eigenvalue weighted by Gasteiger charge is 2.19. The molecule has 4 aromatic carbocycles. The average molecular weight is 489 g/mol. The van der Waals surface area contributed by atoms with Crippen molar-refractivity contribution in [2.75, 3.05) is 6.61 Å². The molecule has 0 aromatic heterocycles. The number of nitrogens with zero attached hydrogens (tertiary/aromatic N) is 1. The largest absolute Gasteiger partial charge is 0.490 e. The summed E-state index contributed by atoms with van der Waals surface area (Å²) in [7, 11) is -4.03. The molecular formula is C27H24N2O5S. The van der Waals surface area contributed by atoms with Crippen molar-refractivity contribution in [3.63, 3.8) is 0 Å². The maximum absolute atomic E-state index is 12.7. The molecule has 0 saturated carbocycles. The second kappa shape index (κ2) is 10.4. The molecule has 0 radical (unpaired) electrons. The van der Waals surface area contributed by atoms with Crippen LogP contribution in [0.1, 0.15) is 28.4 Å². The molecule has 0 bridgehead atoms. The van der Waals surface area contributed by atoms with Gasteiger partial charge in [-0.2, -0.15) is 13.5 Å². The molecule has 0 aliphatic rings. The van der Waals surface area contributed by atoms with Gasteiger partial charge in [0.05, 0.1) is 12.8 Å². The zero-order valence-corrected chi connectivity index (χ0v) is 20.1. The monoisotopic (exact) mass is 488 g/mol. The quantitative estimate of drug-likeness (QED) is 0.212. The maximum atomic E-state index is 12.7. The minimum absolute atomic E-state index is 0.0487. The first-order valence-corrected chi connectivity index (χ1v) is 12.4. The molecule has 0 unspecified atom stereocenters. The van der Waals surface area contributed by atoms with Crippen molar-refractivity contribution >= 4 is 33.0 Å². The van der Waals surface area contributed by atoms with Crippen LogP contribution in [0, 0.1) is 6.92 Å². The van der Waals surface area contributed by atoms with E-state index in [4.69, 9.17) is 8.92 Å². The summed E-state index contributed by atoms with van der Waals surface area (Å²) in [4.78, 5) is 12.5. The first-order chi connectivity index (χ1) is 16.9. The number of hydrogen-bond acceptors (Lipinski definition) is 6. The zero-order valence-electron chi connectivity index (χ0n) is 19.3. The lowest BCUT2D eigenvalue weighted by atomic mass is 10.1. The Morgan fingerprint density at radius 1 is 0.914 bits per heavy atom. The summed E-state index contributed by atoms with van der Waals surface area (Å²) in [6.07, 6.45) is 1.44. The van der Waals surface area contributed by atoms with E-state index >= 15 is 0 Å². The van der Waals surface area contributed by atoms with Gasteiger partial charge in [-0.15, -0.1) is 0 Å². The predicted octanol–water partition coefficient (Wildman–Crippen LogP) is 5.08. The Balaban J connectivity index is 1.48. The molecule has 7 nitrogen and oxygen atoms in total. The molecule has 1 amide bonds. The van der Waals surface area contributed by atoms with Crippen molar-refractivity contribution in [1.29, 1.82) is 0 Å². The average Bonchev–Trinajstić information content (AvgIpc) is 2.85. The Hall–Kier alpha value is -4.17. The molecule has 35 heavy (non-hydrogen) atoms. The molecule has 4 rings (SSSR count). The van der Waals surface area contributed by atoms with Crippen LogP contribution in [0.4, 0.5) is 0 Å². The van der Waals surface area contributed by atoms with E-state index in [0.717, 1.165) is 16.3 Å². The molecule has 0 spiro atoms. The van der Waals surface area contributed by atoms with Crippen molar-refractivity contribution < 1.29 is 22.1 Å². The highest BCUT2D eigenvalue weighted by molar-refractivity contribution is 7.87. The summed E-state index contributed by atoms with van der Waals surface area (Å²) in [6.45, 7) is 3.96. The third-order valence-corrected chi connectivity index (χ3v) is 6.42. The van der Waals surface area contributed by atoms with Crippen LogP contribution in [0.15, 0.2) is 94.9 Å².